The number of rotatable bonds is 5. The normalized spacial score (nSPS) is 21.7. The standard InChI is InChI=1S/C17H24N2O5S/c1-18(13-15-3-2-10-24-15)25(21,22)16-6-4-14(5-7-16)17(20)19-8-11-23-12-9-19/h4-7,15H,2-3,8-13H2,1H3/t15-/m1/s1. The maximum absolute atomic E-state index is 12.7. The quantitative estimate of drug-likeness (QED) is 0.774. The molecule has 0 unspecified atom stereocenters. The number of sulfonamides is 1. The lowest BCUT2D eigenvalue weighted by Crippen LogP contribution is -2.40. The van der Waals surface area contributed by atoms with Gasteiger partial charge in [-0.25, -0.2) is 8.42 Å². The Bertz CT molecular complexity index is 692. The van der Waals surface area contributed by atoms with Crippen molar-refractivity contribution in [1.82, 2.24) is 9.21 Å². The number of hydrogen-bond donors (Lipinski definition) is 0. The van der Waals surface area contributed by atoms with Gasteiger partial charge in [-0.3, -0.25) is 4.79 Å². The lowest BCUT2D eigenvalue weighted by atomic mass is 10.2. The molecule has 0 radical (unpaired) electrons. The third-order valence-electron chi connectivity index (χ3n) is 4.59. The van der Waals surface area contributed by atoms with E-state index in [4.69, 9.17) is 9.47 Å². The Labute approximate surface area is 148 Å². The highest BCUT2D eigenvalue weighted by atomic mass is 32.2. The largest absolute Gasteiger partial charge is 0.378 e. The Morgan fingerprint density at radius 1 is 1.20 bits per heavy atom. The fourth-order valence-corrected chi connectivity index (χ4v) is 4.27. The van der Waals surface area contributed by atoms with Crippen molar-refractivity contribution < 1.29 is 22.7 Å². The highest BCUT2D eigenvalue weighted by Gasteiger charge is 2.26. The predicted octanol–water partition coefficient (Wildman–Crippen LogP) is 0.959. The van der Waals surface area contributed by atoms with Crippen LogP contribution in [0, 0.1) is 0 Å². The summed E-state index contributed by atoms with van der Waals surface area (Å²) in [5, 5.41) is 0. The molecule has 2 aliphatic rings. The third-order valence-corrected chi connectivity index (χ3v) is 6.43. The number of likely N-dealkylation sites (N-methyl/N-ethyl adjacent to an activating group) is 1. The van der Waals surface area contributed by atoms with Crippen molar-refractivity contribution >= 4 is 15.9 Å². The topological polar surface area (TPSA) is 76.2 Å². The summed E-state index contributed by atoms with van der Waals surface area (Å²) < 4.78 is 37.4. The van der Waals surface area contributed by atoms with E-state index in [9.17, 15) is 13.2 Å². The van der Waals surface area contributed by atoms with Gasteiger partial charge in [0.1, 0.15) is 0 Å². The van der Waals surface area contributed by atoms with Gasteiger partial charge in [0, 0.05) is 38.9 Å². The van der Waals surface area contributed by atoms with Gasteiger partial charge in [-0.05, 0) is 37.1 Å². The van der Waals surface area contributed by atoms with Crippen LogP contribution in [0.25, 0.3) is 0 Å². The first-order valence-electron chi connectivity index (χ1n) is 8.53. The molecule has 3 rings (SSSR count). The summed E-state index contributed by atoms with van der Waals surface area (Å²) in [6.07, 6.45) is 1.81. The first-order valence-corrected chi connectivity index (χ1v) is 9.97. The van der Waals surface area contributed by atoms with Crippen LogP contribution in [0.1, 0.15) is 23.2 Å². The van der Waals surface area contributed by atoms with Crippen LogP contribution in [0.15, 0.2) is 29.2 Å². The molecule has 7 nitrogen and oxygen atoms in total. The minimum Gasteiger partial charge on any atom is -0.378 e. The lowest BCUT2D eigenvalue weighted by Gasteiger charge is -2.27. The molecule has 2 saturated heterocycles. The molecule has 2 fully saturated rings. The molecule has 138 valence electrons. The Hall–Kier alpha value is -1.48. The van der Waals surface area contributed by atoms with Crippen molar-refractivity contribution in [2.24, 2.45) is 0 Å². The predicted molar refractivity (Wildman–Crippen MR) is 92.0 cm³/mol. The van der Waals surface area contributed by atoms with Gasteiger partial charge in [0.15, 0.2) is 0 Å². The van der Waals surface area contributed by atoms with Crippen molar-refractivity contribution in [2.45, 2.75) is 23.8 Å². The summed E-state index contributed by atoms with van der Waals surface area (Å²) in [6, 6.07) is 6.14. The molecule has 0 aromatic heterocycles. The van der Waals surface area contributed by atoms with Crippen LogP contribution < -0.4 is 0 Å². The van der Waals surface area contributed by atoms with Crippen molar-refractivity contribution in [1.29, 1.82) is 0 Å². The van der Waals surface area contributed by atoms with Crippen LogP contribution in [0.5, 0.6) is 0 Å². The van der Waals surface area contributed by atoms with E-state index in [1.54, 1.807) is 24.1 Å². The van der Waals surface area contributed by atoms with E-state index in [0.717, 1.165) is 12.8 Å². The molecular formula is C17H24N2O5S. The molecular weight excluding hydrogens is 344 g/mol. The van der Waals surface area contributed by atoms with Crippen LogP contribution in [-0.2, 0) is 19.5 Å². The first-order chi connectivity index (χ1) is 12.0. The van der Waals surface area contributed by atoms with Gasteiger partial charge in [-0.15, -0.1) is 0 Å². The van der Waals surface area contributed by atoms with Gasteiger partial charge in [0.25, 0.3) is 5.91 Å². The van der Waals surface area contributed by atoms with Crippen molar-refractivity contribution in [3.8, 4) is 0 Å². The Morgan fingerprint density at radius 3 is 2.48 bits per heavy atom. The molecule has 1 aromatic carbocycles. The van der Waals surface area contributed by atoms with E-state index in [1.165, 1.54) is 16.4 Å². The van der Waals surface area contributed by atoms with E-state index in [2.05, 4.69) is 0 Å². The second-order valence-electron chi connectivity index (χ2n) is 6.35. The summed E-state index contributed by atoms with van der Waals surface area (Å²) in [5.74, 6) is -0.0973. The van der Waals surface area contributed by atoms with E-state index < -0.39 is 10.0 Å². The average Bonchev–Trinajstić information content (AvgIpc) is 3.15. The average molecular weight is 368 g/mol. The fourth-order valence-electron chi connectivity index (χ4n) is 3.07. The van der Waals surface area contributed by atoms with E-state index in [1.807, 2.05) is 0 Å². The van der Waals surface area contributed by atoms with Crippen LogP contribution in [0.2, 0.25) is 0 Å². The minimum absolute atomic E-state index is 0.0399. The Morgan fingerprint density at radius 2 is 1.88 bits per heavy atom. The molecule has 8 heteroatoms. The number of morpholine rings is 1. The zero-order valence-corrected chi connectivity index (χ0v) is 15.2. The van der Waals surface area contributed by atoms with Crippen LogP contribution >= 0.6 is 0 Å². The molecule has 0 saturated carbocycles. The molecule has 0 N–H and O–H groups in total. The molecule has 2 aliphatic heterocycles. The highest BCUT2D eigenvalue weighted by Crippen LogP contribution is 2.19. The maximum Gasteiger partial charge on any atom is 0.254 e. The number of carbonyl (C=O) groups excluding carboxylic acids is 1. The molecule has 0 spiro atoms. The number of benzene rings is 1. The molecule has 25 heavy (non-hydrogen) atoms. The van der Waals surface area contributed by atoms with Crippen LogP contribution in [0.4, 0.5) is 0 Å². The van der Waals surface area contributed by atoms with E-state index in [0.29, 0.717) is 45.0 Å². The van der Waals surface area contributed by atoms with Crippen molar-refractivity contribution in [3.63, 3.8) is 0 Å². The molecule has 1 aromatic rings. The van der Waals surface area contributed by atoms with Gasteiger partial charge >= 0.3 is 0 Å². The number of hydrogen-bond acceptors (Lipinski definition) is 5. The molecule has 1 atom stereocenters. The fraction of sp³-hybridized carbons (Fsp3) is 0.588. The van der Waals surface area contributed by atoms with Crippen molar-refractivity contribution in [3.05, 3.63) is 29.8 Å². The zero-order valence-electron chi connectivity index (χ0n) is 14.4. The number of nitrogens with zero attached hydrogens (tertiary/aromatic N) is 2. The molecule has 2 heterocycles. The third kappa shape index (κ3) is 4.20. The van der Waals surface area contributed by atoms with Crippen LogP contribution in [0.3, 0.4) is 0 Å². The maximum atomic E-state index is 12.7. The summed E-state index contributed by atoms with van der Waals surface area (Å²) in [4.78, 5) is 14.3. The summed E-state index contributed by atoms with van der Waals surface area (Å²) in [7, 11) is -2.03. The smallest absolute Gasteiger partial charge is 0.254 e. The second kappa shape index (κ2) is 7.82. The monoisotopic (exact) mass is 368 g/mol. The molecule has 0 aliphatic carbocycles. The first kappa shape index (κ1) is 18.3. The second-order valence-corrected chi connectivity index (χ2v) is 8.39. The Kier molecular flexibility index (Phi) is 5.73. The van der Waals surface area contributed by atoms with E-state index >= 15 is 0 Å². The SMILES string of the molecule is CN(C[C@H]1CCCO1)S(=O)(=O)c1ccc(C(=O)N2CCOCC2)cc1. The van der Waals surface area contributed by atoms with Crippen LogP contribution in [-0.4, -0.2) is 76.1 Å². The minimum atomic E-state index is -3.59. The van der Waals surface area contributed by atoms with Gasteiger partial charge < -0.3 is 14.4 Å². The Balaban J connectivity index is 1.68. The summed E-state index contributed by atoms with van der Waals surface area (Å²) >= 11 is 0. The van der Waals surface area contributed by atoms with Gasteiger partial charge in [0.05, 0.1) is 24.2 Å². The van der Waals surface area contributed by atoms with E-state index in [-0.39, 0.29) is 16.9 Å². The summed E-state index contributed by atoms with van der Waals surface area (Å²) in [6.45, 7) is 3.22. The molecule has 1 amide bonds. The summed E-state index contributed by atoms with van der Waals surface area (Å²) in [5.41, 5.74) is 0.489. The zero-order chi connectivity index (χ0) is 17.9. The number of carbonyl (C=O) groups is 1. The lowest BCUT2D eigenvalue weighted by molar-refractivity contribution is 0.0303. The van der Waals surface area contributed by atoms with Gasteiger partial charge in [-0.2, -0.15) is 4.31 Å². The molecule has 0 bridgehead atoms. The number of ether oxygens (including phenoxy) is 2. The number of amides is 1. The van der Waals surface area contributed by atoms with Crippen molar-refractivity contribution in [2.75, 3.05) is 46.5 Å². The highest BCUT2D eigenvalue weighted by molar-refractivity contribution is 7.89. The van der Waals surface area contributed by atoms with Gasteiger partial charge in [-0.1, -0.05) is 0 Å². The van der Waals surface area contributed by atoms with Gasteiger partial charge in [0.2, 0.25) is 10.0 Å².